The van der Waals surface area contributed by atoms with Crippen LogP contribution in [-0.4, -0.2) is 22.0 Å². The van der Waals surface area contributed by atoms with Crippen molar-refractivity contribution in [2.45, 2.75) is 13.0 Å². The van der Waals surface area contributed by atoms with E-state index in [0.717, 1.165) is 10.3 Å². The molecule has 1 rings (SSSR count). The largest absolute Gasteiger partial charge is 0.312 e. The molecule has 0 spiro atoms. The average Bonchev–Trinajstić information content (AvgIpc) is 2.28. The van der Waals surface area contributed by atoms with Crippen molar-refractivity contribution in [2.75, 3.05) is 7.05 Å². The topological polar surface area (TPSA) is 42.7 Å². The highest BCUT2D eigenvalue weighted by molar-refractivity contribution is 9.10. The third kappa shape index (κ3) is 1.78. The molecule has 0 aliphatic rings. The van der Waals surface area contributed by atoms with Crippen LogP contribution in [0.15, 0.2) is 4.60 Å². The molecule has 0 fully saturated rings. The van der Waals surface area contributed by atoms with E-state index in [1.807, 2.05) is 14.0 Å². The highest BCUT2D eigenvalue weighted by Crippen LogP contribution is 2.17. The van der Waals surface area contributed by atoms with E-state index in [2.05, 4.69) is 31.4 Å². The standard InChI is InChI=1S/C6H11BrN4/c1-4(8-2)5-6(7)10-11(3)9-5/h4,8H,1-3H3. The van der Waals surface area contributed by atoms with Crippen molar-refractivity contribution in [3.8, 4) is 0 Å². The number of halogens is 1. The Balaban J connectivity index is 2.93. The summed E-state index contributed by atoms with van der Waals surface area (Å²) >= 11 is 3.32. The number of hydrogen-bond acceptors (Lipinski definition) is 3. The molecule has 11 heavy (non-hydrogen) atoms. The predicted molar refractivity (Wildman–Crippen MR) is 46.2 cm³/mol. The molecule has 5 heteroatoms. The second-order valence-corrected chi connectivity index (χ2v) is 3.13. The molecule has 1 aromatic rings. The lowest BCUT2D eigenvalue weighted by Crippen LogP contribution is -2.13. The summed E-state index contributed by atoms with van der Waals surface area (Å²) in [6.07, 6.45) is 0. The maximum absolute atomic E-state index is 4.18. The number of rotatable bonds is 2. The van der Waals surface area contributed by atoms with Gasteiger partial charge in [-0.2, -0.15) is 9.90 Å². The van der Waals surface area contributed by atoms with Crippen molar-refractivity contribution >= 4 is 15.9 Å². The molecule has 1 N–H and O–H groups in total. The van der Waals surface area contributed by atoms with Gasteiger partial charge in [-0.05, 0) is 29.9 Å². The smallest absolute Gasteiger partial charge is 0.153 e. The zero-order valence-electron chi connectivity index (χ0n) is 6.80. The van der Waals surface area contributed by atoms with Crippen LogP contribution in [0.3, 0.4) is 0 Å². The van der Waals surface area contributed by atoms with Gasteiger partial charge in [0.25, 0.3) is 0 Å². The second-order valence-electron chi connectivity index (χ2n) is 2.38. The molecule has 0 bridgehead atoms. The first-order valence-electron chi connectivity index (χ1n) is 3.39. The van der Waals surface area contributed by atoms with Crippen LogP contribution in [-0.2, 0) is 7.05 Å². The first-order chi connectivity index (χ1) is 5.15. The SMILES string of the molecule is CNC(C)c1nn(C)nc1Br. The zero-order valence-corrected chi connectivity index (χ0v) is 8.38. The summed E-state index contributed by atoms with van der Waals surface area (Å²) < 4.78 is 0.807. The average molecular weight is 219 g/mol. The van der Waals surface area contributed by atoms with Crippen molar-refractivity contribution in [1.82, 2.24) is 20.3 Å². The number of nitrogens with one attached hydrogen (secondary N) is 1. The molecule has 4 nitrogen and oxygen atoms in total. The molecule has 0 amide bonds. The Kier molecular flexibility index (Phi) is 2.62. The van der Waals surface area contributed by atoms with Gasteiger partial charge in [0.15, 0.2) is 4.60 Å². The van der Waals surface area contributed by atoms with Crippen molar-refractivity contribution in [2.24, 2.45) is 7.05 Å². The van der Waals surface area contributed by atoms with E-state index < -0.39 is 0 Å². The fourth-order valence-electron chi connectivity index (χ4n) is 0.800. The van der Waals surface area contributed by atoms with E-state index in [0.29, 0.717) is 0 Å². The van der Waals surface area contributed by atoms with E-state index >= 15 is 0 Å². The quantitative estimate of drug-likeness (QED) is 0.802. The highest BCUT2D eigenvalue weighted by Gasteiger charge is 2.11. The molecule has 0 aliphatic carbocycles. The first-order valence-corrected chi connectivity index (χ1v) is 4.18. The maximum Gasteiger partial charge on any atom is 0.153 e. The van der Waals surface area contributed by atoms with Gasteiger partial charge in [-0.25, -0.2) is 0 Å². The predicted octanol–water partition coefficient (Wildman–Crippen LogP) is 0.858. The van der Waals surface area contributed by atoms with Gasteiger partial charge in [0.1, 0.15) is 5.69 Å². The summed E-state index contributed by atoms with van der Waals surface area (Å²) in [7, 11) is 3.70. The van der Waals surface area contributed by atoms with Crippen LogP contribution in [0.1, 0.15) is 18.7 Å². The molecule has 1 heterocycles. The van der Waals surface area contributed by atoms with Crippen LogP contribution in [0.4, 0.5) is 0 Å². The Labute approximate surface area is 74.1 Å². The number of nitrogens with zero attached hydrogens (tertiary/aromatic N) is 3. The lowest BCUT2D eigenvalue weighted by atomic mass is 10.3. The Hall–Kier alpha value is -0.420. The van der Waals surface area contributed by atoms with Gasteiger partial charge in [-0.3, -0.25) is 0 Å². The summed E-state index contributed by atoms with van der Waals surface area (Å²) in [5.74, 6) is 0. The third-order valence-corrected chi connectivity index (χ3v) is 2.10. The monoisotopic (exact) mass is 218 g/mol. The molecule has 0 aromatic carbocycles. The molecular weight excluding hydrogens is 208 g/mol. The van der Waals surface area contributed by atoms with Gasteiger partial charge < -0.3 is 5.32 Å². The van der Waals surface area contributed by atoms with Gasteiger partial charge in [0.05, 0.1) is 6.04 Å². The summed E-state index contributed by atoms with van der Waals surface area (Å²) in [6, 6.07) is 0.234. The van der Waals surface area contributed by atoms with Crippen LogP contribution in [0.5, 0.6) is 0 Å². The molecule has 0 saturated carbocycles. The molecule has 0 radical (unpaired) electrons. The number of aryl methyl sites for hydroxylation is 1. The third-order valence-electron chi connectivity index (χ3n) is 1.54. The lowest BCUT2D eigenvalue weighted by molar-refractivity contribution is 0.594. The highest BCUT2D eigenvalue weighted by atomic mass is 79.9. The van der Waals surface area contributed by atoms with Gasteiger partial charge in [0.2, 0.25) is 0 Å². The van der Waals surface area contributed by atoms with Gasteiger partial charge >= 0.3 is 0 Å². The number of hydrogen-bond donors (Lipinski definition) is 1. The molecule has 1 aromatic heterocycles. The molecular formula is C6H11BrN4. The van der Waals surface area contributed by atoms with E-state index in [9.17, 15) is 0 Å². The van der Waals surface area contributed by atoms with Crippen molar-refractivity contribution in [3.63, 3.8) is 0 Å². The van der Waals surface area contributed by atoms with Gasteiger partial charge in [-0.1, -0.05) is 0 Å². The van der Waals surface area contributed by atoms with E-state index in [4.69, 9.17) is 0 Å². The van der Waals surface area contributed by atoms with Crippen LogP contribution in [0.2, 0.25) is 0 Å². The Morgan fingerprint density at radius 2 is 2.18 bits per heavy atom. The Morgan fingerprint density at radius 3 is 2.55 bits per heavy atom. The van der Waals surface area contributed by atoms with Crippen LogP contribution in [0, 0.1) is 0 Å². The Bertz CT molecular complexity index is 245. The second kappa shape index (κ2) is 3.32. The Morgan fingerprint density at radius 1 is 1.55 bits per heavy atom. The summed E-state index contributed by atoms with van der Waals surface area (Å²) in [5.41, 5.74) is 0.940. The molecule has 0 aliphatic heterocycles. The fourth-order valence-corrected chi connectivity index (χ4v) is 1.45. The molecule has 1 unspecified atom stereocenters. The minimum absolute atomic E-state index is 0.234. The number of aromatic nitrogens is 3. The van der Waals surface area contributed by atoms with Crippen LogP contribution < -0.4 is 5.32 Å². The fraction of sp³-hybridized carbons (Fsp3) is 0.667. The summed E-state index contributed by atoms with van der Waals surface area (Å²) in [4.78, 5) is 1.55. The zero-order chi connectivity index (χ0) is 8.43. The maximum atomic E-state index is 4.18. The van der Waals surface area contributed by atoms with Crippen LogP contribution >= 0.6 is 15.9 Å². The van der Waals surface area contributed by atoms with E-state index in [1.54, 1.807) is 11.8 Å². The minimum atomic E-state index is 0.234. The first kappa shape index (κ1) is 8.67. The van der Waals surface area contributed by atoms with Crippen molar-refractivity contribution < 1.29 is 0 Å². The van der Waals surface area contributed by atoms with Crippen molar-refractivity contribution in [3.05, 3.63) is 10.3 Å². The molecule has 62 valence electrons. The molecule has 1 atom stereocenters. The van der Waals surface area contributed by atoms with Gasteiger partial charge in [-0.15, -0.1) is 5.10 Å². The summed E-state index contributed by atoms with van der Waals surface area (Å²) in [5, 5.41) is 11.3. The lowest BCUT2D eigenvalue weighted by Gasteiger charge is -2.04. The van der Waals surface area contributed by atoms with Crippen molar-refractivity contribution in [1.29, 1.82) is 0 Å². The normalized spacial score (nSPS) is 13.5. The van der Waals surface area contributed by atoms with E-state index in [-0.39, 0.29) is 6.04 Å². The summed E-state index contributed by atoms with van der Waals surface area (Å²) in [6.45, 7) is 2.04. The minimum Gasteiger partial charge on any atom is -0.312 e. The van der Waals surface area contributed by atoms with Gasteiger partial charge in [0, 0.05) is 7.05 Å². The van der Waals surface area contributed by atoms with E-state index in [1.165, 1.54) is 0 Å². The molecule has 0 saturated heterocycles. The van der Waals surface area contributed by atoms with Crippen LogP contribution in [0.25, 0.3) is 0 Å².